The average Bonchev–Trinajstić information content (AvgIpc) is 3.01. The van der Waals surface area contributed by atoms with Crippen LogP contribution in [0.3, 0.4) is 0 Å². The molecule has 0 amide bonds. The van der Waals surface area contributed by atoms with E-state index >= 15 is 0 Å². The third-order valence-electron chi connectivity index (χ3n) is 8.90. The van der Waals surface area contributed by atoms with E-state index in [9.17, 15) is 13.2 Å². The predicted octanol–water partition coefficient (Wildman–Crippen LogP) is 7.00. The van der Waals surface area contributed by atoms with Crippen molar-refractivity contribution >= 4 is 23.6 Å². The number of hydrogen-bond donors (Lipinski definition) is 0. The molecule has 3 unspecified atom stereocenters. The number of fused-ring (bicyclic) bond motifs is 1. The van der Waals surface area contributed by atoms with Gasteiger partial charge in [-0.1, -0.05) is 71.3 Å². The first-order valence-corrected chi connectivity index (χ1v) is 19.5. The fourth-order valence-corrected chi connectivity index (χ4v) is 18.1. The molecule has 4 atom stereocenters. The molecule has 1 saturated heterocycles. The number of alkyl halides is 3. The van der Waals surface area contributed by atoms with E-state index in [4.69, 9.17) is 9.31 Å². The molecule has 1 heterocycles. The molecule has 1 aromatic rings. The van der Waals surface area contributed by atoms with E-state index in [2.05, 4.69) is 64.3 Å². The van der Waals surface area contributed by atoms with Crippen molar-refractivity contribution in [2.24, 2.45) is 11.3 Å². The Balaban J connectivity index is 1.75. The van der Waals surface area contributed by atoms with Crippen molar-refractivity contribution in [3.63, 3.8) is 0 Å². The monoisotopic (exact) mass is 511 g/mol. The fourth-order valence-electron chi connectivity index (χ4n) is 7.62. The Morgan fingerprint density at radius 3 is 2.18 bits per heavy atom. The van der Waals surface area contributed by atoms with Gasteiger partial charge in [-0.15, -0.1) is 0 Å². The van der Waals surface area contributed by atoms with Crippen molar-refractivity contribution in [2.45, 2.75) is 109 Å². The van der Waals surface area contributed by atoms with Crippen LogP contribution < -0.4 is 0 Å². The molecular weight excluding hydrogens is 470 g/mol. The summed E-state index contributed by atoms with van der Waals surface area (Å²) in [6.45, 7) is 20.8. The molecule has 1 aromatic carbocycles. The molecule has 3 nitrogen and oxygen atoms in total. The summed E-state index contributed by atoms with van der Waals surface area (Å²) < 4.78 is 57.0. The summed E-state index contributed by atoms with van der Waals surface area (Å²) in [5.74, 6) is 0.531. The lowest BCUT2D eigenvalue weighted by atomic mass is 9.41. The van der Waals surface area contributed by atoms with Crippen LogP contribution in [0.25, 0.3) is 0 Å². The Morgan fingerprint density at radius 1 is 1.06 bits per heavy atom. The lowest BCUT2D eigenvalue weighted by molar-refractivity contribution is -0.257. The SMILES string of the molecule is CC12CCC3CC1(OB([C@H](Cc1cccc(C(F)(F)F)c1)N([Si](C)(C)C)[Si](C)(C)C)O2)C3(C)C. The van der Waals surface area contributed by atoms with Crippen LogP contribution in [0.5, 0.6) is 0 Å². The minimum absolute atomic E-state index is 0.0403. The topological polar surface area (TPSA) is 21.7 Å². The molecule has 34 heavy (non-hydrogen) atoms. The quantitative estimate of drug-likeness (QED) is 0.384. The minimum Gasteiger partial charge on any atom is -0.402 e. The molecule has 190 valence electrons. The molecule has 1 spiro atoms. The highest BCUT2D eigenvalue weighted by molar-refractivity contribution is 6.90. The predicted molar refractivity (Wildman–Crippen MR) is 138 cm³/mol. The molecule has 2 bridgehead atoms. The van der Waals surface area contributed by atoms with Crippen LogP contribution in [-0.4, -0.2) is 45.0 Å². The lowest BCUT2D eigenvalue weighted by Gasteiger charge is -2.69. The van der Waals surface area contributed by atoms with E-state index in [0.29, 0.717) is 17.9 Å². The molecular formula is C25H41BF3NO2Si2. The molecule has 4 fully saturated rings. The van der Waals surface area contributed by atoms with Gasteiger partial charge in [-0.2, -0.15) is 13.2 Å². The van der Waals surface area contributed by atoms with Crippen molar-refractivity contribution in [3.8, 4) is 0 Å². The molecule has 1 aliphatic heterocycles. The summed E-state index contributed by atoms with van der Waals surface area (Å²) in [6.07, 6.45) is -0.725. The van der Waals surface area contributed by atoms with Crippen molar-refractivity contribution in [1.82, 2.24) is 4.23 Å². The smallest absolute Gasteiger partial charge is 0.402 e. The fraction of sp³-hybridized carbons (Fsp3) is 0.760. The highest BCUT2D eigenvalue weighted by atomic mass is 28.4. The van der Waals surface area contributed by atoms with Crippen molar-refractivity contribution < 1.29 is 22.5 Å². The maximum Gasteiger partial charge on any atom is 0.475 e. The van der Waals surface area contributed by atoms with E-state index < -0.39 is 35.3 Å². The van der Waals surface area contributed by atoms with Gasteiger partial charge in [-0.05, 0) is 55.6 Å². The van der Waals surface area contributed by atoms with Crippen molar-refractivity contribution in [2.75, 3.05) is 0 Å². The van der Waals surface area contributed by atoms with Crippen LogP contribution in [0.15, 0.2) is 24.3 Å². The average molecular weight is 512 g/mol. The summed E-state index contributed by atoms with van der Waals surface area (Å²) in [7, 11) is -4.18. The second-order valence-electron chi connectivity index (χ2n) is 13.5. The number of halogens is 3. The van der Waals surface area contributed by atoms with Gasteiger partial charge in [-0.25, -0.2) is 0 Å². The van der Waals surface area contributed by atoms with Gasteiger partial charge in [0.15, 0.2) is 0 Å². The van der Waals surface area contributed by atoms with Gasteiger partial charge in [0, 0.05) is 5.94 Å². The van der Waals surface area contributed by atoms with Gasteiger partial charge in [0.25, 0.3) is 0 Å². The maximum atomic E-state index is 13.5. The van der Waals surface area contributed by atoms with Crippen LogP contribution in [0.2, 0.25) is 39.3 Å². The first-order chi connectivity index (χ1) is 15.3. The summed E-state index contributed by atoms with van der Waals surface area (Å²) in [5, 5.41) is 0. The van der Waals surface area contributed by atoms with Crippen LogP contribution in [-0.2, 0) is 21.9 Å². The largest absolute Gasteiger partial charge is 0.475 e. The van der Waals surface area contributed by atoms with Gasteiger partial charge >= 0.3 is 13.3 Å². The van der Waals surface area contributed by atoms with Gasteiger partial charge < -0.3 is 13.5 Å². The van der Waals surface area contributed by atoms with Crippen molar-refractivity contribution in [3.05, 3.63) is 35.4 Å². The van der Waals surface area contributed by atoms with E-state index in [1.165, 1.54) is 12.1 Å². The van der Waals surface area contributed by atoms with Crippen LogP contribution >= 0.6 is 0 Å². The van der Waals surface area contributed by atoms with Gasteiger partial charge in [0.2, 0.25) is 0 Å². The number of rotatable bonds is 6. The number of benzene rings is 1. The normalized spacial score (nSPS) is 31.9. The Bertz CT molecular complexity index is 931. The zero-order valence-corrected chi connectivity index (χ0v) is 24.3. The van der Waals surface area contributed by atoms with Crippen LogP contribution in [0.4, 0.5) is 13.2 Å². The Hall–Kier alpha value is -0.611. The lowest BCUT2D eigenvalue weighted by Crippen LogP contribution is -2.73. The first kappa shape index (κ1) is 26.5. The Labute approximate surface area is 206 Å². The van der Waals surface area contributed by atoms with Crippen LogP contribution in [0, 0.1) is 11.3 Å². The third-order valence-corrected chi connectivity index (χ3v) is 16.5. The molecule has 0 radical (unpaired) electrons. The second kappa shape index (κ2) is 7.94. The molecule has 4 aliphatic rings. The van der Waals surface area contributed by atoms with Gasteiger partial charge in [-0.3, -0.25) is 0 Å². The summed E-state index contributed by atoms with van der Waals surface area (Å²) in [6, 6.07) is 5.81. The minimum atomic E-state index is -4.35. The third kappa shape index (κ3) is 4.07. The maximum absolute atomic E-state index is 13.5. The zero-order chi connectivity index (χ0) is 25.5. The van der Waals surface area contributed by atoms with E-state index in [0.717, 1.165) is 25.3 Å². The summed E-state index contributed by atoms with van der Waals surface area (Å²) >= 11 is 0. The molecule has 3 aliphatic carbocycles. The highest BCUT2D eigenvalue weighted by Crippen LogP contribution is 2.70. The van der Waals surface area contributed by atoms with Crippen molar-refractivity contribution in [1.29, 1.82) is 0 Å². The summed E-state index contributed by atoms with van der Waals surface area (Å²) in [4.78, 5) is 0. The molecule has 5 rings (SSSR count). The molecule has 0 N–H and O–H groups in total. The Kier molecular flexibility index (Phi) is 6.18. The van der Waals surface area contributed by atoms with Crippen LogP contribution in [0.1, 0.15) is 51.2 Å². The molecule has 9 heteroatoms. The van der Waals surface area contributed by atoms with Gasteiger partial charge in [0.05, 0.1) is 16.8 Å². The Morgan fingerprint density at radius 2 is 1.68 bits per heavy atom. The molecule has 3 saturated carbocycles. The second-order valence-corrected chi connectivity index (χ2v) is 23.6. The number of nitrogens with zero attached hydrogens (tertiary/aromatic N) is 1. The number of hydrogen-bond acceptors (Lipinski definition) is 3. The van der Waals surface area contributed by atoms with Gasteiger partial charge in [0.1, 0.15) is 16.5 Å². The standard InChI is InChI=1S/C25H41BF3NO2Si2/c1-22(2)20-13-14-23(3)24(22,17-20)32-26(31-23)21(30(33(4,5)6)34(7,8)9)16-18-11-10-12-19(15-18)25(27,28)29/h10-12,15,20-21H,13-14,16-17H2,1-9H3/t20?,21-,23?,24?/m0/s1. The first-order valence-electron chi connectivity index (χ1n) is 12.6. The van der Waals surface area contributed by atoms with E-state index in [-0.39, 0.29) is 22.6 Å². The summed E-state index contributed by atoms with van der Waals surface area (Å²) in [5.41, 5.74) is -0.529. The van der Waals surface area contributed by atoms with E-state index in [1.54, 1.807) is 0 Å². The molecule has 0 aromatic heterocycles. The zero-order valence-electron chi connectivity index (χ0n) is 22.3. The highest BCUT2D eigenvalue weighted by Gasteiger charge is 2.77. The van der Waals surface area contributed by atoms with E-state index in [1.807, 2.05) is 6.07 Å².